The van der Waals surface area contributed by atoms with Gasteiger partial charge < -0.3 is 33.8 Å². The van der Waals surface area contributed by atoms with Gasteiger partial charge in [0.1, 0.15) is 19.3 Å². The molecule has 0 heterocycles. The van der Waals surface area contributed by atoms with E-state index in [-0.39, 0.29) is 25.7 Å². The van der Waals surface area contributed by atoms with E-state index in [2.05, 4.69) is 41.5 Å². The van der Waals surface area contributed by atoms with Crippen LogP contribution in [0, 0.1) is 11.8 Å². The Morgan fingerprint density at radius 1 is 0.264 bits per heavy atom. The van der Waals surface area contributed by atoms with E-state index in [4.69, 9.17) is 37.0 Å². The SMILES string of the molecule is CCCCCCCCCCCCCCCCCCCCCCCCC(=O)OC[C@H](COP(=O)(O)OC[C@@H](O)COP(=O)(O)OC[C@@H](COC(=O)CCCCCCCCC(C)C)OC(=O)CCCCCCCCCCCCCCCCCCC)OC(=O)CCCCCCCCCCCCCCCCCCCCC(C)CC. The second-order valence-corrected chi connectivity index (χ2v) is 36.3. The van der Waals surface area contributed by atoms with Gasteiger partial charge in [0.2, 0.25) is 0 Å². The van der Waals surface area contributed by atoms with Crippen LogP contribution in [0.15, 0.2) is 0 Å². The quantitative estimate of drug-likeness (QED) is 0.0222. The summed E-state index contributed by atoms with van der Waals surface area (Å²) in [5.41, 5.74) is 0. The van der Waals surface area contributed by atoms with Crippen LogP contribution in [0.3, 0.4) is 0 Å². The van der Waals surface area contributed by atoms with Crippen LogP contribution in [0.5, 0.6) is 0 Å². The second-order valence-electron chi connectivity index (χ2n) is 33.4. The van der Waals surface area contributed by atoms with Crippen molar-refractivity contribution in [3.8, 4) is 0 Å². The van der Waals surface area contributed by atoms with E-state index in [9.17, 15) is 43.2 Å². The largest absolute Gasteiger partial charge is 0.472 e. The van der Waals surface area contributed by atoms with Gasteiger partial charge in [-0.15, -0.1) is 0 Å². The van der Waals surface area contributed by atoms with E-state index < -0.39 is 97.5 Å². The summed E-state index contributed by atoms with van der Waals surface area (Å²) in [5, 5.41) is 10.7. The average Bonchev–Trinajstić information content (AvgIpc) is 0.897. The van der Waals surface area contributed by atoms with Crippen LogP contribution in [0.1, 0.15) is 491 Å². The lowest BCUT2D eigenvalue weighted by atomic mass is 9.99. The highest BCUT2D eigenvalue weighted by Crippen LogP contribution is 2.45. The molecule has 0 amide bonds. The maximum Gasteiger partial charge on any atom is 0.472 e. The third kappa shape index (κ3) is 82.6. The molecule has 0 aliphatic heterocycles. The normalized spacial score (nSPS) is 14.0. The Balaban J connectivity index is 5.19. The Bertz CT molecular complexity index is 2100. The highest BCUT2D eigenvalue weighted by atomic mass is 31.2. The number of carbonyl (C=O) groups excluding carboxylic acids is 4. The molecule has 6 atom stereocenters. The van der Waals surface area contributed by atoms with Gasteiger partial charge in [-0.05, 0) is 37.5 Å². The fourth-order valence-corrected chi connectivity index (χ4v) is 15.9. The van der Waals surface area contributed by atoms with Gasteiger partial charge in [0.05, 0.1) is 26.4 Å². The minimum absolute atomic E-state index is 0.108. The van der Waals surface area contributed by atoms with Crippen molar-refractivity contribution in [3.63, 3.8) is 0 Å². The lowest BCUT2D eigenvalue weighted by Gasteiger charge is -2.21. The van der Waals surface area contributed by atoms with Crippen molar-refractivity contribution < 1.29 is 80.2 Å². The Morgan fingerprint density at radius 2 is 0.464 bits per heavy atom. The van der Waals surface area contributed by atoms with Gasteiger partial charge in [-0.3, -0.25) is 37.3 Å². The smallest absolute Gasteiger partial charge is 0.462 e. The van der Waals surface area contributed by atoms with Crippen LogP contribution in [0.2, 0.25) is 0 Å². The van der Waals surface area contributed by atoms with Gasteiger partial charge in [-0.1, -0.05) is 440 Å². The van der Waals surface area contributed by atoms with Crippen molar-refractivity contribution >= 4 is 39.5 Å². The van der Waals surface area contributed by atoms with Crippen LogP contribution < -0.4 is 0 Å². The zero-order chi connectivity index (χ0) is 80.6. The van der Waals surface area contributed by atoms with E-state index in [0.29, 0.717) is 31.6 Å². The molecule has 0 aromatic rings. The molecule has 3 N–H and O–H groups in total. The summed E-state index contributed by atoms with van der Waals surface area (Å²) >= 11 is 0. The standard InChI is InChI=1S/C91H178O17P2/c1-7-10-12-14-16-18-20-22-24-26-27-28-29-30-35-38-42-46-50-54-61-67-73-88(93)101-79-86(107-90(95)75-69-64-56-52-48-44-40-36-32-31-34-37-41-45-49-53-60-66-72-84(6)9-3)81-105-109(97,98)103-77-85(92)78-104-110(99,100)106-82-87(80-102-89(94)74-68-62-58-57-59-65-71-83(4)5)108-91(96)76-70-63-55-51-47-43-39-33-25-23-21-19-17-15-13-11-8-2/h83-87,92H,7-82H2,1-6H3,(H,97,98)(H,99,100)/t84?,85-,86-,87-/m1/s1. The zero-order valence-electron chi connectivity index (χ0n) is 72.6. The first-order valence-electron chi connectivity index (χ1n) is 47.0. The van der Waals surface area contributed by atoms with Crippen LogP contribution in [0.4, 0.5) is 0 Å². The maximum absolute atomic E-state index is 13.2. The van der Waals surface area contributed by atoms with E-state index >= 15 is 0 Å². The Hall–Kier alpha value is -1.94. The lowest BCUT2D eigenvalue weighted by molar-refractivity contribution is -0.161. The molecule has 110 heavy (non-hydrogen) atoms. The summed E-state index contributed by atoms with van der Waals surface area (Å²) < 4.78 is 69.0. The number of phosphoric acid groups is 2. The van der Waals surface area contributed by atoms with Crippen molar-refractivity contribution in [2.45, 2.75) is 509 Å². The van der Waals surface area contributed by atoms with E-state index in [1.54, 1.807) is 0 Å². The van der Waals surface area contributed by atoms with E-state index in [0.717, 1.165) is 102 Å². The van der Waals surface area contributed by atoms with Gasteiger partial charge in [-0.2, -0.15) is 0 Å². The number of rotatable bonds is 90. The van der Waals surface area contributed by atoms with E-state index in [1.165, 1.54) is 302 Å². The molecule has 0 saturated carbocycles. The molecule has 19 heteroatoms. The Labute approximate surface area is 677 Å². The Kier molecular flexibility index (Phi) is 80.7. The molecular weight excluding hydrogens is 1430 g/mol. The van der Waals surface area contributed by atoms with Crippen LogP contribution in [-0.2, 0) is 65.4 Å². The molecule has 0 aliphatic rings. The number of hydrogen-bond acceptors (Lipinski definition) is 15. The number of carbonyl (C=O) groups is 4. The average molecular weight is 1610 g/mol. The summed E-state index contributed by atoms with van der Waals surface area (Å²) in [5.74, 6) is -0.549. The van der Waals surface area contributed by atoms with Crippen molar-refractivity contribution in [1.82, 2.24) is 0 Å². The van der Waals surface area contributed by atoms with Gasteiger partial charge in [0.15, 0.2) is 12.2 Å². The van der Waals surface area contributed by atoms with Gasteiger partial charge in [0.25, 0.3) is 0 Å². The molecule has 0 radical (unpaired) electrons. The minimum atomic E-state index is -4.97. The molecule has 0 aromatic carbocycles. The van der Waals surface area contributed by atoms with Gasteiger partial charge in [0, 0.05) is 25.7 Å². The number of unbranched alkanes of at least 4 members (excludes halogenated alkanes) is 59. The molecule has 0 aliphatic carbocycles. The third-order valence-electron chi connectivity index (χ3n) is 21.8. The van der Waals surface area contributed by atoms with Crippen LogP contribution >= 0.6 is 15.6 Å². The topological polar surface area (TPSA) is 237 Å². The molecular formula is C91H178O17P2. The Morgan fingerprint density at radius 3 is 0.691 bits per heavy atom. The number of phosphoric ester groups is 2. The molecule has 3 unspecified atom stereocenters. The molecule has 17 nitrogen and oxygen atoms in total. The second kappa shape index (κ2) is 82.2. The molecule has 0 saturated heterocycles. The van der Waals surface area contributed by atoms with E-state index in [1.807, 2.05) is 0 Å². The van der Waals surface area contributed by atoms with Crippen molar-refractivity contribution in [2.75, 3.05) is 39.6 Å². The van der Waals surface area contributed by atoms with Crippen LogP contribution in [0.25, 0.3) is 0 Å². The summed E-state index contributed by atoms with van der Waals surface area (Å²) in [4.78, 5) is 73.3. The van der Waals surface area contributed by atoms with Gasteiger partial charge >= 0.3 is 39.5 Å². The number of hydrogen-bond donors (Lipinski definition) is 3. The fraction of sp³-hybridized carbons (Fsp3) is 0.956. The highest BCUT2D eigenvalue weighted by molar-refractivity contribution is 7.47. The third-order valence-corrected chi connectivity index (χ3v) is 23.7. The fourth-order valence-electron chi connectivity index (χ4n) is 14.3. The highest BCUT2D eigenvalue weighted by Gasteiger charge is 2.31. The molecule has 654 valence electrons. The first-order valence-corrected chi connectivity index (χ1v) is 50.0. The summed E-state index contributed by atoms with van der Waals surface area (Å²) in [6, 6.07) is 0. The molecule has 0 rings (SSSR count). The van der Waals surface area contributed by atoms with Crippen molar-refractivity contribution in [2.24, 2.45) is 11.8 Å². The predicted octanol–water partition coefficient (Wildman–Crippen LogP) is 28.2. The van der Waals surface area contributed by atoms with Crippen LogP contribution in [-0.4, -0.2) is 96.7 Å². The molecule has 0 bridgehead atoms. The number of aliphatic hydroxyl groups excluding tert-OH is 1. The maximum atomic E-state index is 13.2. The summed E-state index contributed by atoms with van der Waals surface area (Å²) in [6.45, 7) is 9.68. The predicted molar refractivity (Wildman–Crippen MR) is 455 cm³/mol. The summed E-state index contributed by atoms with van der Waals surface area (Å²) in [6.07, 6.45) is 76.8. The molecule has 0 fully saturated rings. The number of esters is 4. The molecule has 0 spiro atoms. The van der Waals surface area contributed by atoms with Crippen molar-refractivity contribution in [3.05, 3.63) is 0 Å². The molecule has 0 aromatic heterocycles. The first-order chi connectivity index (χ1) is 53.4. The monoisotopic (exact) mass is 1610 g/mol. The lowest BCUT2D eigenvalue weighted by Crippen LogP contribution is -2.30. The number of aliphatic hydroxyl groups is 1. The number of ether oxygens (including phenoxy) is 4. The van der Waals surface area contributed by atoms with Crippen molar-refractivity contribution in [1.29, 1.82) is 0 Å². The van der Waals surface area contributed by atoms with Gasteiger partial charge in [-0.25, -0.2) is 9.13 Å². The summed E-state index contributed by atoms with van der Waals surface area (Å²) in [7, 11) is -9.93. The first kappa shape index (κ1) is 108. The minimum Gasteiger partial charge on any atom is -0.462 e. The zero-order valence-corrected chi connectivity index (χ0v) is 74.4.